The molecule has 180 valence electrons. The molecule has 2 aromatic heterocycles. The fourth-order valence-electron chi connectivity index (χ4n) is 4.17. The summed E-state index contributed by atoms with van der Waals surface area (Å²) in [5.74, 6) is -1.97. The molecule has 2 heterocycles. The lowest BCUT2D eigenvalue weighted by Gasteiger charge is -2.21. The van der Waals surface area contributed by atoms with E-state index >= 15 is 0 Å². The van der Waals surface area contributed by atoms with Crippen molar-refractivity contribution in [1.29, 1.82) is 0 Å². The van der Waals surface area contributed by atoms with Gasteiger partial charge in [-0.15, -0.1) is 0 Å². The molecule has 0 amide bonds. The van der Waals surface area contributed by atoms with Gasteiger partial charge in [0.1, 0.15) is 5.75 Å². The van der Waals surface area contributed by atoms with E-state index in [1.807, 2.05) is 0 Å². The van der Waals surface area contributed by atoms with Gasteiger partial charge in [0.25, 0.3) is 5.56 Å². The zero-order valence-corrected chi connectivity index (χ0v) is 19.3. The van der Waals surface area contributed by atoms with Crippen LogP contribution in [0.25, 0.3) is 11.0 Å². The second-order valence-corrected chi connectivity index (χ2v) is 8.25. The van der Waals surface area contributed by atoms with Gasteiger partial charge in [-0.25, -0.2) is 0 Å². The molecule has 0 saturated heterocycles. The van der Waals surface area contributed by atoms with Gasteiger partial charge in [-0.05, 0) is 54.8 Å². The van der Waals surface area contributed by atoms with Crippen molar-refractivity contribution in [3.63, 3.8) is 0 Å². The number of esters is 1. The Morgan fingerprint density at radius 2 is 1.71 bits per heavy atom. The van der Waals surface area contributed by atoms with Gasteiger partial charge in [0.15, 0.2) is 11.5 Å². The molecule has 4 rings (SSSR count). The van der Waals surface area contributed by atoms with Gasteiger partial charge in [0, 0.05) is 30.6 Å². The molecule has 0 aliphatic rings. The summed E-state index contributed by atoms with van der Waals surface area (Å²) in [7, 11) is 1.27. The first-order valence-corrected chi connectivity index (χ1v) is 11.0. The number of benzene rings is 2. The van der Waals surface area contributed by atoms with Gasteiger partial charge >= 0.3 is 5.97 Å². The average Bonchev–Trinajstić information content (AvgIpc) is 2.84. The fourth-order valence-corrected chi connectivity index (χ4v) is 4.17. The third-order valence-corrected chi connectivity index (χ3v) is 6.03. The fraction of sp³-hybridized carbons (Fsp3) is 0.231. The summed E-state index contributed by atoms with van der Waals surface area (Å²) in [4.78, 5) is 34.5. The SMILES string of the molecule is COC(=O)C[C@H](c1ccc2nccnc2c1)c1c(O)cc(C)n(CCc2ccc(O)c(O)c2)c1=O. The van der Waals surface area contributed by atoms with Crippen LogP contribution in [-0.4, -0.2) is 42.9 Å². The number of nitrogens with zero attached hydrogens (tertiary/aromatic N) is 3. The second kappa shape index (κ2) is 9.84. The lowest BCUT2D eigenvalue weighted by atomic mass is 9.88. The Balaban J connectivity index is 1.78. The highest BCUT2D eigenvalue weighted by atomic mass is 16.5. The number of hydrogen-bond acceptors (Lipinski definition) is 8. The number of phenols is 2. The molecule has 3 N–H and O–H groups in total. The van der Waals surface area contributed by atoms with Crippen LogP contribution in [0.2, 0.25) is 0 Å². The summed E-state index contributed by atoms with van der Waals surface area (Å²) in [5.41, 5.74) is 2.79. The summed E-state index contributed by atoms with van der Waals surface area (Å²) < 4.78 is 6.39. The lowest BCUT2D eigenvalue weighted by molar-refractivity contribution is -0.140. The van der Waals surface area contributed by atoms with Crippen LogP contribution in [0, 0.1) is 6.92 Å². The Kier molecular flexibility index (Phi) is 6.68. The Hall–Kier alpha value is -4.40. The van der Waals surface area contributed by atoms with Gasteiger partial charge in [-0.3, -0.25) is 19.6 Å². The number of aromatic hydroxyl groups is 3. The summed E-state index contributed by atoms with van der Waals surface area (Å²) in [6.07, 6.45) is 3.37. The van der Waals surface area contributed by atoms with Crippen molar-refractivity contribution in [1.82, 2.24) is 14.5 Å². The second-order valence-electron chi connectivity index (χ2n) is 8.25. The van der Waals surface area contributed by atoms with Crippen LogP contribution in [-0.2, 0) is 22.5 Å². The predicted molar refractivity (Wildman–Crippen MR) is 129 cm³/mol. The first-order chi connectivity index (χ1) is 16.8. The van der Waals surface area contributed by atoms with E-state index in [-0.39, 0.29) is 35.8 Å². The van der Waals surface area contributed by atoms with Crippen molar-refractivity contribution < 1.29 is 24.9 Å². The van der Waals surface area contributed by atoms with Crippen LogP contribution in [0.4, 0.5) is 0 Å². The number of pyridine rings is 1. The number of hydrogen-bond donors (Lipinski definition) is 3. The maximum atomic E-state index is 13.6. The van der Waals surface area contributed by atoms with Gasteiger partial charge in [0.2, 0.25) is 0 Å². The highest BCUT2D eigenvalue weighted by Gasteiger charge is 2.27. The Morgan fingerprint density at radius 1 is 0.971 bits per heavy atom. The number of ether oxygens (including phenoxy) is 1. The molecule has 0 aliphatic heterocycles. The quantitative estimate of drug-likeness (QED) is 0.274. The van der Waals surface area contributed by atoms with E-state index in [9.17, 15) is 24.9 Å². The molecule has 0 spiro atoms. The van der Waals surface area contributed by atoms with Gasteiger partial charge in [-0.2, -0.15) is 0 Å². The smallest absolute Gasteiger partial charge is 0.306 e. The number of fused-ring (bicyclic) bond motifs is 1. The molecular weight excluding hydrogens is 450 g/mol. The van der Waals surface area contributed by atoms with E-state index in [1.165, 1.54) is 29.9 Å². The standard InChI is InChI=1S/C26H25N3O6/c1-15-11-23(32)25(26(34)29(15)10-7-16-3-6-21(30)22(31)12-16)18(14-24(33)35-2)17-4-5-19-20(13-17)28-9-8-27-19/h3-6,8-9,11-13,18,30-32H,7,10,14H2,1-2H3/t18-/m1/s1. The molecular formula is C26H25N3O6. The minimum Gasteiger partial charge on any atom is -0.507 e. The lowest BCUT2D eigenvalue weighted by Crippen LogP contribution is -2.29. The summed E-state index contributed by atoms with van der Waals surface area (Å²) in [5, 5.41) is 30.1. The van der Waals surface area contributed by atoms with Crippen molar-refractivity contribution >= 4 is 17.0 Å². The summed E-state index contributed by atoms with van der Waals surface area (Å²) >= 11 is 0. The van der Waals surface area contributed by atoms with E-state index < -0.39 is 17.4 Å². The minimum absolute atomic E-state index is 0.0813. The van der Waals surface area contributed by atoms with Gasteiger partial charge in [0.05, 0.1) is 30.1 Å². The van der Waals surface area contributed by atoms with E-state index in [0.717, 1.165) is 5.56 Å². The molecule has 4 aromatic rings. The largest absolute Gasteiger partial charge is 0.507 e. The van der Waals surface area contributed by atoms with Crippen molar-refractivity contribution in [2.45, 2.75) is 32.2 Å². The Morgan fingerprint density at radius 3 is 2.43 bits per heavy atom. The van der Waals surface area contributed by atoms with Gasteiger partial charge < -0.3 is 24.6 Å². The molecule has 9 nitrogen and oxygen atoms in total. The number of rotatable bonds is 7. The monoisotopic (exact) mass is 475 g/mol. The highest BCUT2D eigenvalue weighted by molar-refractivity contribution is 5.76. The minimum atomic E-state index is -0.772. The number of carbonyl (C=O) groups is 1. The molecule has 35 heavy (non-hydrogen) atoms. The van der Waals surface area contributed by atoms with Crippen molar-refractivity contribution in [3.8, 4) is 17.2 Å². The zero-order chi connectivity index (χ0) is 25.1. The topological polar surface area (TPSA) is 135 Å². The van der Waals surface area contributed by atoms with Crippen molar-refractivity contribution in [2.75, 3.05) is 7.11 Å². The Bertz CT molecular complexity index is 1460. The zero-order valence-electron chi connectivity index (χ0n) is 19.3. The first kappa shape index (κ1) is 23.7. The molecule has 0 aliphatic carbocycles. The normalized spacial score (nSPS) is 11.9. The maximum absolute atomic E-state index is 13.6. The van der Waals surface area contributed by atoms with E-state index in [0.29, 0.717) is 28.7 Å². The summed E-state index contributed by atoms with van der Waals surface area (Å²) in [6.45, 7) is 1.97. The number of phenolic OH excluding ortho intramolecular Hbond substituents is 2. The molecule has 0 fully saturated rings. The van der Waals surface area contributed by atoms with Crippen LogP contribution >= 0.6 is 0 Å². The first-order valence-electron chi connectivity index (χ1n) is 11.0. The molecule has 9 heteroatoms. The van der Waals surface area contributed by atoms with Crippen LogP contribution in [0.5, 0.6) is 17.2 Å². The molecule has 2 aromatic carbocycles. The third-order valence-electron chi connectivity index (χ3n) is 6.03. The van der Waals surface area contributed by atoms with Gasteiger partial charge in [-0.1, -0.05) is 12.1 Å². The average molecular weight is 476 g/mol. The maximum Gasteiger partial charge on any atom is 0.306 e. The number of aromatic nitrogens is 3. The number of aryl methyl sites for hydroxylation is 2. The van der Waals surface area contributed by atoms with Crippen molar-refractivity contribution in [3.05, 3.63) is 87.6 Å². The molecule has 0 unspecified atom stereocenters. The third kappa shape index (κ3) is 4.93. The van der Waals surface area contributed by atoms with E-state index in [1.54, 1.807) is 43.6 Å². The van der Waals surface area contributed by atoms with Crippen LogP contribution < -0.4 is 5.56 Å². The molecule has 1 atom stereocenters. The number of carbonyl (C=O) groups excluding carboxylic acids is 1. The molecule has 0 bridgehead atoms. The van der Waals surface area contributed by atoms with E-state index in [4.69, 9.17) is 4.74 Å². The predicted octanol–water partition coefficient (Wildman–Crippen LogP) is 3.15. The molecule has 0 radical (unpaired) electrons. The Labute approximate surface area is 200 Å². The molecule has 0 saturated carbocycles. The van der Waals surface area contributed by atoms with Crippen LogP contribution in [0.3, 0.4) is 0 Å². The number of methoxy groups -OCH3 is 1. The summed E-state index contributed by atoms with van der Waals surface area (Å²) in [6, 6.07) is 11.2. The highest BCUT2D eigenvalue weighted by Crippen LogP contribution is 2.33. The van der Waals surface area contributed by atoms with Crippen LogP contribution in [0.1, 0.15) is 34.7 Å². The van der Waals surface area contributed by atoms with Crippen LogP contribution in [0.15, 0.2) is 59.7 Å². The van der Waals surface area contributed by atoms with E-state index in [2.05, 4.69) is 9.97 Å². The van der Waals surface area contributed by atoms with Crippen molar-refractivity contribution in [2.24, 2.45) is 0 Å².